The second-order valence-electron chi connectivity index (χ2n) is 7.94. The third-order valence-corrected chi connectivity index (χ3v) is 5.77. The van der Waals surface area contributed by atoms with Crippen LogP contribution in [0.5, 0.6) is 17.2 Å². The van der Waals surface area contributed by atoms with Gasteiger partial charge in [0.2, 0.25) is 0 Å². The summed E-state index contributed by atoms with van der Waals surface area (Å²) in [5, 5.41) is 16.5. The molecular weight excluding hydrogens is 522 g/mol. The first kappa shape index (κ1) is 23.3. The van der Waals surface area contributed by atoms with Crippen LogP contribution in [0, 0.1) is 6.92 Å². The normalized spacial score (nSPS) is 10.7. The summed E-state index contributed by atoms with van der Waals surface area (Å²) in [5.74, 6) is 1.36. The third-order valence-electron chi connectivity index (χ3n) is 5.28. The zero-order valence-corrected chi connectivity index (χ0v) is 20.7. The summed E-state index contributed by atoms with van der Waals surface area (Å²) in [4.78, 5) is 26.1. The standard InChI is InChI=1S/C27H20BrN5O3/c1-16-5-11-22-25(31-16)29-15-30-26(22)33-23-13-17(27(35)32-19-4-2-3-18(28)14-19)6-12-24(23)36-21-9-7-20(34)8-10-21/h2-15,34H,1H3,(H,32,35)(H,29,30,31,33). The first-order valence-corrected chi connectivity index (χ1v) is 11.8. The number of amides is 1. The predicted octanol–water partition coefficient (Wildman–Crippen LogP) is 6.59. The van der Waals surface area contributed by atoms with Crippen LogP contribution >= 0.6 is 15.9 Å². The van der Waals surface area contributed by atoms with Gasteiger partial charge in [-0.1, -0.05) is 22.0 Å². The molecule has 0 saturated carbocycles. The number of carbonyl (C=O) groups is 1. The van der Waals surface area contributed by atoms with E-state index >= 15 is 0 Å². The lowest BCUT2D eigenvalue weighted by atomic mass is 10.1. The number of pyridine rings is 1. The van der Waals surface area contributed by atoms with E-state index in [9.17, 15) is 9.90 Å². The van der Waals surface area contributed by atoms with Gasteiger partial charge in [0.05, 0.1) is 11.1 Å². The Morgan fingerprint density at radius 3 is 2.61 bits per heavy atom. The highest BCUT2D eigenvalue weighted by Gasteiger charge is 2.15. The molecule has 2 heterocycles. The van der Waals surface area contributed by atoms with E-state index < -0.39 is 0 Å². The number of aromatic nitrogens is 3. The molecule has 0 spiro atoms. The molecule has 0 radical (unpaired) electrons. The van der Waals surface area contributed by atoms with Crippen LogP contribution in [0.2, 0.25) is 0 Å². The van der Waals surface area contributed by atoms with Crippen molar-refractivity contribution in [3.8, 4) is 17.2 Å². The van der Waals surface area contributed by atoms with Crippen molar-refractivity contribution in [2.75, 3.05) is 10.6 Å². The lowest BCUT2D eigenvalue weighted by molar-refractivity contribution is 0.102. The van der Waals surface area contributed by atoms with Gasteiger partial charge in [0.1, 0.15) is 23.6 Å². The predicted molar refractivity (Wildman–Crippen MR) is 142 cm³/mol. The molecular formula is C27H20BrN5O3. The Morgan fingerprint density at radius 1 is 0.972 bits per heavy atom. The lowest BCUT2D eigenvalue weighted by Crippen LogP contribution is -2.12. The van der Waals surface area contributed by atoms with Crippen molar-refractivity contribution < 1.29 is 14.6 Å². The number of anilines is 3. The molecule has 1 amide bonds. The van der Waals surface area contributed by atoms with Crippen LogP contribution in [-0.2, 0) is 0 Å². The summed E-state index contributed by atoms with van der Waals surface area (Å²) in [6, 6.07) is 22.6. The van der Waals surface area contributed by atoms with Gasteiger partial charge in [0.15, 0.2) is 11.4 Å². The van der Waals surface area contributed by atoms with E-state index in [1.54, 1.807) is 30.3 Å². The number of hydrogen-bond acceptors (Lipinski definition) is 7. The number of aryl methyl sites for hydroxylation is 1. The number of aromatic hydroxyl groups is 1. The van der Waals surface area contributed by atoms with Crippen molar-refractivity contribution in [2.24, 2.45) is 0 Å². The minimum Gasteiger partial charge on any atom is -0.508 e. The Bertz CT molecular complexity index is 1570. The Hall–Kier alpha value is -4.50. The highest BCUT2D eigenvalue weighted by molar-refractivity contribution is 9.10. The molecule has 178 valence electrons. The van der Waals surface area contributed by atoms with Crippen LogP contribution < -0.4 is 15.4 Å². The molecule has 9 heteroatoms. The van der Waals surface area contributed by atoms with Gasteiger partial charge in [0, 0.05) is 21.4 Å². The number of halogens is 1. The molecule has 0 fully saturated rings. The first-order chi connectivity index (χ1) is 17.4. The third kappa shape index (κ3) is 5.26. The average Bonchev–Trinajstić information content (AvgIpc) is 2.86. The molecule has 0 saturated heterocycles. The summed E-state index contributed by atoms with van der Waals surface area (Å²) in [5.41, 5.74) is 3.00. The van der Waals surface area contributed by atoms with Gasteiger partial charge in [-0.3, -0.25) is 4.79 Å². The Labute approximate surface area is 215 Å². The number of carbonyl (C=O) groups excluding carboxylic acids is 1. The van der Waals surface area contributed by atoms with Crippen molar-refractivity contribution >= 4 is 50.1 Å². The number of nitrogens with zero attached hydrogens (tertiary/aromatic N) is 3. The summed E-state index contributed by atoms with van der Waals surface area (Å²) in [6.07, 6.45) is 1.43. The molecule has 0 atom stereocenters. The molecule has 5 aromatic rings. The van der Waals surface area contributed by atoms with E-state index in [0.717, 1.165) is 15.6 Å². The summed E-state index contributed by atoms with van der Waals surface area (Å²) < 4.78 is 6.93. The molecule has 0 aliphatic carbocycles. The zero-order chi connectivity index (χ0) is 25.1. The number of rotatable bonds is 6. The number of ether oxygens (including phenoxy) is 1. The second kappa shape index (κ2) is 10.0. The van der Waals surface area contributed by atoms with E-state index in [0.29, 0.717) is 39.9 Å². The molecule has 0 aliphatic rings. The lowest BCUT2D eigenvalue weighted by Gasteiger charge is -2.15. The van der Waals surface area contributed by atoms with Gasteiger partial charge in [-0.2, -0.15) is 0 Å². The number of benzene rings is 3. The molecule has 2 aromatic heterocycles. The zero-order valence-electron chi connectivity index (χ0n) is 19.1. The number of hydrogen-bond donors (Lipinski definition) is 3. The van der Waals surface area contributed by atoms with Crippen LogP contribution in [0.25, 0.3) is 11.0 Å². The Morgan fingerprint density at radius 2 is 1.81 bits per heavy atom. The minimum atomic E-state index is -0.280. The van der Waals surface area contributed by atoms with Crippen LogP contribution in [0.4, 0.5) is 17.2 Å². The smallest absolute Gasteiger partial charge is 0.255 e. The fourth-order valence-electron chi connectivity index (χ4n) is 3.53. The first-order valence-electron chi connectivity index (χ1n) is 11.0. The monoisotopic (exact) mass is 541 g/mol. The van der Waals surface area contributed by atoms with Crippen LogP contribution in [0.1, 0.15) is 16.1 Å². The maximum Gasteiger partial charge on any atom is 0.255 e. The van der Waals surface area contributed by atoms with E-state index in [2.05, 4.69) is 41.5 Å². The van der Waals surface area contributed by atoms with Crippen molar-refractivity contribution in [3.05, 3.63) is 101 Å². The topological polar surface area (TPSA) is 109 Å². The number of phenolic OH excluding ortho intramolecular Hbond substituents is 1. The maximum absolute atomic E-state index is 13.0. The largest absolute Gasteiger partial charge is 0.508 e. The molecule has 3 N–H and O–H groups in total. The van der Waals surface area contributed by atoms with Crippen molar-refractivity contribution in [2.45, 2.75) is 6.92 Å². The van der Waals surface area contributed by atoms with Gasteiger partial charge in [0.25, 0.3) is 5.91 Å². The van der Waals surface area contributed by atoms with Gasteiger partial charge < -0.3 is 20.5 Å². The van der Waals surface area contributed by atoms with Crippen molar-refractivity contribution in [1.82, 2.24) is 15.0 Å². The number of fused-ring (bicyclic) bond motifs is 1. The van der Waals surface area contributed by atoms with Gasteiger partial charge in [-0.05, 0) is 79.7 Å². The fraction of sp³-hybridized carbons (Fsp3) is 0.0370. The van der Waals surface area contributed by atoms with Crippen molar-refractivity contribution in [1.29, 1.82) is 0 Å². The van der Waals surface area contributed by atoms with Gasteiger partial charge >= 0.3 is 0 Å². The Balaban J connectivity index is 1.52. The van der Waals surface area contributed by atoms with E-state index in [1.807, 2.05) is 43.3 Å². The molecule has 3 aromatic carbocycles. The highest BCUT2D eigenvalue weighted by atomic mass is 79.9. The van der Waals surface area contributed by atoms with Gasteiger partial charge in [-0.15, -0.1) is 0 Å². The van der Waals surface area contributed by atoms with Crippen molar-refractivity contribution in [3.63, 3.8) is 0 Å². The molecule has 0 aliphatic heterocycles. The van der Waals surface area contributed by atoms with E-state index in [-0.39, 0.29) is 11.7 Å². The van der Waals surface area contributed by atoms with E-state index in [4.69, 9.17) is 4.74 Å². The fourth-order valence-corrected chi connectivity index (χ4v) is 3.93. The minimum absolute atomic E-state index is 0.135. The number of nitrogens with one attached hydrogen (secondary N) is 2. The van der Waals surface area contributed by atoms with Crippen LogP contribution in [-0.4, -0.2) is 26.0 Å². The maximum atomic E-state index is 13.0. The molecule has 0 bridgehead atoms. The molecule has 0 unspecified atom stereocenters. The molecule has 8 nitrogen and oxygen atoms in total. The van der Waals surface area contributed by atoms with Gasteiger partial charge in [-0.25, -0.2) is 15.0 Å². The molecule has 36 heavy (non-hydrogen) atoms. The quantitative estimate of drug-likeness (QED) is 0.222. The second-order valence-corrected chi connectivity index (χ2v) is 8.86. The molecule has 5 rings (SSSR count). The van der Waals surface area contributed by atoms with Crippen LogP contribution in [0.15, 0.2) is 89.7 Å². The number of phenols is 1. The highest BCUT2D eigenvalue weighted by Crippen LogP contribution is 2.34. The Kier molecular flexibility index (Phi) is 6.46. The van der Waals surface area contributed by atoms with Crippen LogP contribution in [0.3, 0.4) is 0 Å². The van der Waals surface area contributed by atoms with E-state index in [1.165, 1.54) is 18.5 Å². The average molecular weight is 542 g/mol. The summed E-state index contributed by atoms with van der Waals surface area (Å²) in [7, 11) is 0. The summed E-state index contributed by atoms with van der Waals surface area (Å²) >= 11 is 3.42. The summed E-state index contributed by atoms with van der Waals surface area (Å²) in [6.45, 7) is 1.89. The SMILES string of the molecule is Cc1ccc2c(Nc3cc(C(=O)Nc4cccc(Br)c4)ccc3Oc3ccc(O)cc3)ncnc2n1.